The molecule has 2 fully saturated rings. The van der Waals surface area contributed by atoms with Crippen molar-refractivity contribution in [1.29, 1.82) is 0 Å². The van der Waals surface area contributed by atoms with Gasteiger partial charge < -0.3 is 34.3 Å². The lowest BCUT2D eigenvalue weighted by Gasteiger charge is -2.41. The number of methoxy groups -OCH3 is 1. The second kappa shape index (κ2) is 11.9. The fourth-order valence-corrected chi connectivity index (χ4v) is 3.80. The molecule has 1 amide bonds. The van der Waals surface area contributed by atoms with E-state index in [-0.39, 0.29) is 50.2 Å². The van der Waals surface area contributed by atoms with Gasteiger partial charge in [-0.25, -0.2) is 9.37 Å². The van der Waals surface area contributed by atoms with Gasteiger partial charge in [-0.05, 0) is 24.5 Å². The molecule has 2 saturated heterocycles. The number of hydrogen-bond acceptors (Lipinski definition) is 8. The fourth-order valence-electron chi connectivity index (χ4n) is 3.80. The van der Waals surface area contributed by atoms with Crippen LogP contribution in [0.3, 0.4) is 0 Å². The first-order valence-corrected chi connectivity index (χ1v) is 11.4. The summed E-state index contributed by atoms with van der Waals surface area (Å²) in [7, 11) is 1.68. The van der Waals surface area contributed by atoms with Gasteiger partial charge in [0.15, 0.2) is 0 Å². The zero-order valence-electron chi connectivity index (χ0n) is 19.7. The van der Waals surface area contributed by atoms with Gasteiger partial charge in [0.1, 0.15) is 24.7 Å². The summed E-state index contributed by atoms with van der Waals surface area (Å²) in [4.78, 5) is 19.5. The van der Waals surface area contributed by atoms with Crippen LogP contribution in [0.25, 0.3) is 0 Å². The van der Waals surface area contributed by atoms with Gasteiger partial charge in [-0.15, -0.1) is 0 Å². The lowest BCUT2D eigenvalue weighted by Crippen LogP contribution is -2.52. The van der Waals surface area contributed by atoms with Crippen molar-refractivity contribution in [2.75, 3.05) is 71.4 Å². The Morgan fingerprint density at radius 1 is 1.39 bits per heavy atom. The standard InChI is InChI=1S/C23H36FN3O6/c1-16(2)8-17(11-31-7-6-24)25-21(29)19-4-5-20(27-9-18(10-27)30-3)22(26-19)33-15-23(12-28)13-32-14-23/h4-5,16-18,28H,6-15H2,1-3H3,(H,25,29). The molecule has 186 valence electrons. The molecule has 1 aromatic rings. The second-order valence-electron chi connectivity index (χ2n) is 9.29. The average molecular weight is 470 g/mol. The van der Waals surface area contributed by atoms with E-state index in [2.05, 4.69) is 29.0 Å². The van der Waals surface area contributed by atoms with Crippen LogP contribution < -0.4 is 15.0 Å². The third-order valence-corrected chi connectivity index (χ3v) is 5.89. The lowest BCUT2D eigenvalue weighted by atomic mass is 9.88. The van der Waals surface area contributed by atoms with Gasteiger partial charge in [-0.3, -0.25) is 4.79 Å². The van der Waals surface area contributed by atoms with E-state index in [4.69, 9.17) is 18.9 Å². The maximum Gasteiger partial charge on any atom is 0.270 e. The van der Waals surface area contributed by atoms with Gasteiger partial charge in [0.25, 0.3) is 5.91 Å². The smallest absolute Gasteiger partial charge is 0.270 e. The molecule has 3 rings (SSSR count). The summed E-state index contributed by atoms with van der Waals surface area (Å²) < 4.78 is 34.3. The monoisotopic (exact) mass is 469 g/mol. The van der Waals surface area contributed by atoms with Crippen LogP contribution >= 0.6 is 0 Å². The molecule has 1 aromatic heterocycles. The number of aliphatic hydroxyl groups is 1. The predicted molar refractivity (Wildman–Crippen MR) is 121 cm³/mol. The van der Waals surface area contributed by atoms with E-state index in [1.165, 1.54) is 0 Å². The van der Waals surface area contributed by atoms with Crippen LogP contribution in [-0.4, -0.2) is 94.7 Å². The van der Waals surface area contributed by atoms with E-state index >= 15 is 0 Å². The van der Waals surface area contributed by atoms with E-state index in [0.717, 1.165) is 5.69 Å². The molecule has 9 nitrogen and oxygen atoms in total. The van der Waals surface area contributed by atoms with Crippen molar-refractivity contribution in [2.24, 2.45) is 11.3 Å². The predicted octanol–water partition coefficient (Wildman–Crippen LogP) is 1.43. The minimum Gasteiger partial charge on any atom is -0.475 e. The zero-order chi connectivity index (χ0) is 23.8. The maximum atomic E-state index is 13.0. The Balaban J connectivity index is 1.73. The number of pyridine rings is 1. The molecule has 0 radical (unpaired) electrons. The number of amides is 1. The molecule has 33 heavy (non-hydrogen) atoms. The first-order valence-electron chi connectivity index (χ1n) is 11.4. The zero-order valence-corrected chi connectivity index (χ0v) is 19.7. The highest BCUT2D eigenvalue weighted by Crippen LogP contribution is 2.34. The number of aliphatic hydroxyl groups excluding tert-OH is 1. The Kier molecular flexibility index (Phi) is 9.25. The van der Waals surface area contributed by atoms with Crippen LogP contribution in [0, 0.1) is 11.3 Å². The summed E-state index contributed by atoms with van der Waals surface area (Å²) in [5.41, 5.74) is 0.551. The van der Waals surface area contributed by atoms with Gasteiger partial charge in [0, 0.05) is 20.2 Å². The van der Waals surface area contributed by atoms with Crippen LogP contribution in [-0.2, 0) is 14.2 Å². The molecule has 1 atom stereocenters. The van der Waals surface area contributed by atoms with Crippen molar-refractivity contribution in [3.8, 4) is 5.88 Å². The van der Waals surface area contributed by atoms with Gasteiger partial charge in [-0.1, -0.05) is 13.8 Å². The summed E-state index contributed by atoms with van der Waals surface area (Å²) in [6.07, 6.45) is 0.843. The molecular weight excluding hydrogens is 433 g/mol. The summed E-state index contributed by atoms with van der Waals surface area (Å²) >= 11 is 0. The Morgan fingerprint density at radius 2 is 2.15 bits per heavy atom. The Morgan fingerprint density at radius 3 is 2.73 bits per heavy atom. The molecule has 0 aliphatic carbocycles. The highest BCUT2D eigenvalue weighted by Gasteiger charge is 2.40. The first kappa shape index (κ1) is 25.6. The van der Waals surface area contributed by atoms with Gasteiger partial charge in [0.2, 0.25) is 5.88 Å². The van der Waals surface area contributed by atoms with Crippen molar-refractivity contribution in [3.05, 3.63) is 17.8 Å². The highest BCUT2D eigenvalue weighted by atomic mass is 19.1. The Labute approximate surface area is 194 Å². The van der Waals surface area contributed by atoms with E-state index in [9.17, 15) is 14.3 Å². The molecule has 2 aliphatic rings. The largest absolute Gasteiger partial charge is 0.475 e. The van der Waals surface area contributed by atoms with Crippen molar-refractivity contribution < 1.29 is 33.2 Å². The molecule has 10 heteroatoms. The van der Waals surface area contributed by atoms with E-state index in [0.29, 0.717) is 44.5 Å². The van der Waals surface area contributed by atoms with Crippen molar-refractivity contribution >= 4 is 11.6 Å². The number of alkyl halides is 1. The van der Waals surface area contributed by atoms with E-state index < -0.39 is 12.1 Å². The Bertz CT molecular complexity index is 765. The fraction of sp³-hybridized carbons (Fsp3) is 0.739. The minimum atomic E-state index is -0.563. The van der Waals surface area contributed by atoms with Crippen LogP contribution in [0.15, 0.2) is 12.1 Å². The van der Waals surface area contributed by atoms with Crippen LogP contribution in [0.4, 0.5) is 10.1 Å². The number of nitrogens with zero attached hydrogens (tertiary/aromatic N) is 2. The lowest BCUT2D eigenvalue weighted by molar-refractivity contribution is -0.153. The quantitative estimate of drug-likeness (QED) is 0.395. The summed E-state index contributed by atoms with van der Waals surface area (Å²) in [6.45, 7) is 6.22. The molecule has 1 unspecified atom stereocenters. The second-order valence-corrected chi connectivity index (χ2v) is 9.29. The molecule has 0 saturated carbocycles. The number of rotatable bonds is 14. The Hall–Kier alpha value is -2.01. The molecule has 0 bridgehead atoms. The number of carbonyl (C=O) groups is 1. The van der Waals surface area contributed by atoms with Crippen molar-refractivity contribution in [3.63, 3.8) is 0 Å². The SMILES string of the molecule is COC1CN(c2ccc(C(=O)NC(COCCF)CC(C)C)nc2OCC2(CO)COC2)C1. The van der Waals surface area contributed by atoms with Gasteiger partial charge in [-0.2, -0.15) is 0 Å². The first-order chi connectivity index (χ1) is 15.9. The molecule has 2 aliphatic heterocycles. The summed E-state index contributed by atoms with van der Waals surface area (Å²) in [6, 6.07) is 3.24. The van der Waals surface area contributed by atoms with E-state index in [1.807, 2.05) is 6.07 Å². The molecule has 0 aromatic carbocycles. The number of halogens is 1. The topological polar surface area (TPSA) is 102 Å². The molecule has 3 heterocycles. The normalized spacial score (nSPS) is 18.5. The van der Waals surface area contributed by atoms with Crippen LogP contribution in [0.5, 0.6) is 5.88 Å². The number of anilines is 1. The number of ether oxygens (including phenoxy) is 4. The van der Waals surface area contributed by atoms with Gasteiger partial charge >= 0.3 is 0 Å². The number of aromatic nitrogens is 1. The third kappa shape index (κ3) is 6.75. The highest BCUT2D eigenvalue weighted by molar-refractivity contribution is 5.93. The molecule has 2 N–H and O–H groups in total. The third-order valence-electron chi connectivity index (χ3n) is 5.89. The minimum absolute atomic E-state index is 0.00399. The number of carbonyl (C=O) groups excluding carboxylic acids is 1. The van der Waals surface area contributed by atoms with Crippen LogP contribution in [0.2, 0.25) is 0 Å². The molecule has 0 spiro atoms. The van der Waals surface area contributed by atoms with Crippen LogP contribution in [0.1, 0.15) is 30.8 Å². The summed E-state index contributed by atoms with van der Waals surface area (Å²) in [5, 5.41) is 12.7. The number of nitrogens with one attached hydrogen (secondary N) is 1. The van der Waals surface area contributed by atoms with Crippen molar-refractivity contribution in [1.82, 2.24) is 10.3 Å². The van der Waals surface area contributed by atoms with E-state index in [1.54, 1.807) is 13.2 Å². The molecular formula is C23H36FN3O6. The maximum absolute atomic E-state index is 13.0. The average Bonchev–Trinajstić information content (AvgIpc) is 2.73. The van der Waals surface area contributed by atoms with Gasteiger partial charge in [0.05, 0.1) is 50.6 Å². The van der Waals surface area contributed by atoms with Crippen molar-refractivity contribution in [2.45, 2.75) is 32.4 Å². The number of hydrogen-bond donors (Lipinski definition) is 2. The summed E-state index contributed by atoms with van der Waals surface area (Å²) in [5.74, 6) is 0.326.